The molecule has 31 heavy (non-hydrogen) atoms. The molecule has 0 saturated carbocycles. The summed E-state index contributed by atoms with van der Waals surface area (Å²) in [6, 6.07) is 0. The number of rotatable bonds is 21. The zero-order chi connectivity index (χ0) is 23.6. The van der Waals surface area contributed by atoms with Gasteiger partial charge in [-0.2, -0.15) is 0 Å². The quantitative estimate of drug-likeness (QED) is 0.123. The minimum Gasteiger partial charge on any atom is -0.518 e. The van der Waals surface area contributed by atoms with Crippen molar-refractivity contribution in [2.45, 2.75) is 161 Å². The molecule has 0 N–H and O–H groups in total. The molecule has 1 unspecified atom stereocenters. The number of carbonyl (C=O) groups excluding carboxylic acids is 1. The van der Waals surface area contributed by atoms with Gasteiger partial charge in [0.05, 0.1) is 0 Å². The van der Waals surface area contributed by atoms with E-state index >= 15 is 0 Å². The Balaban J connectivity index is 3.69. The van der Waals surface area contributed by atoms with Gasteiger partial charge in [0.15, 0.2) is 8.32 Å². The lowest BCUT2D eigenvalue weighted by Gasteiger charge is -2.28. The van der Waals surface area contributed by atoms with Crippen LogP contribution in [0.5, 0.6) is 0 Å². The Labute approximate surface area is 197 Å². The number of carbonyl (C=O) groups is 1. The zero-order valence-corrected chi connectivity index (χ0v) is 24.3. The van der Waals surface area contributed by atoms with E-state index in [1.807, 2.05) is 0 Å². The van der Waals surface area contributed by atoms with Crippen molar-refractivity contribution in [2.24, 2.45) is 0 Å². The normalized spacial score (nSPS) is 13.4. The fourth-order valence-electron chi connectivity index (χ4n) is 3.90. The molecule has 0 amide bonds. The van der Waals surface area contributed by atoms with Crippen molar-refractivity contribution < 1.29 is 13.6 Å². The highest BCUT2D eigenvalue weighted by atomic mass is 28.4. The summed E-state index contributed by atoms with van der Waals surface area (Å²) in [7, 11) is -3.62. The third-order valence-corrected chi connectivity index (χ3v) is 7.29. The van der Waals surface area contributed by atoms with Crippen LogP contribution in [0.3, 0.4) is 0 Å². The van der Waals surface area contributed by atoms with E-state index in [1.54, 1.807) is 0 Å². The Morgan fingerprint density at radius 1 is 0.581 bits per heavy atom. The Morgan fingerprint density at radius 3 is 1.26 bits per heavy atom. The van der Waals surface area contributed by atoms with E-state index in [1.165, 1.54) is 96.3 Å². The largest absolute Gasteiger partial charge is 0.518 e. The predicted molar refractivity (Wildman–Crippen MR) is 142 cm³/mol. The van der Waals surface area contributed by atoms with E-state index in [2.05, 4.69) is 46.2 Å². The molecular formula is C26H56O3Si2. The molecule has 5 heteroatoms. The Bertz CT molecular complexity index is 427. The minimum atomic E-state index is -1.86. The first-order valence-corrected chi connectivity index (χ1v) is 20.3. The Kier molecular flexibility index (Phi) is 18.2. The maximum atomic E-state index is 12.5. The van der Waals surface area contributed by atoms with Crippen LogP contribution in [0.2, 0.25) is 39.3 Å². The van der Waals surface area contributed by atoms with E-state index in [-0.39, 0.29) is 12.1 Å². The van der Waals surface area contributed by atoms with Crippen molar-refractivity contribution >= 4 is 22.6 Å². The summed E-state index contributed by atoms with van der Waals surface area (Å²) in [5, 5.41) is 0. The highest BCUT2D eigenvalue weighted by Crippen LogP contribution is 2.19. The molecule has 0 aromatic rings. The SMILES string of the molecule is CCCCCCCCCCCCCCCCCCC(O[Si](C)(C)C)C(=O)O[Si](C)(C)C. The molecule has 0 saturated heterocycles. The smallest absolute Gasteiger partial charge is 0.320 e. The van der Waals surface area contributed by atoms with Gasteiger partial charge in [0.25, 0.3) is 0 Å². The van der Waals surface area contributed by atoms with E-state index in [0.29, 0.717) is 0 Å². The molecule has 0 aliphatic carbocycles. The van der Waals surface area contributed by atoms with Crippen LogP contribution in [0.15, 0.2) is 0 Å². The molecule has 1 atom stereocenters. The summed E-state index contributed by atoms with van der Waals surface area (Å²) < 4.78 is 11.9. The molecule has 0 heterocycles. The van der Waals surface area contributed by atoms with Crippen molar-refractivity contribution in [1.29, 1.82) is 0 Å². The van der Waals surface area contributed by atoms with Crippen LogP contribution in [0.25, 0.3) is 0 Å². The molecule has 0 aliphatic rings. The lowest BCUT2D eigenvalue weighted by Crippen LogP contribution is -2.41. The van der Waals surface area contributed by atoms with Gasteiger partial charge in [0.1, 0.15) is 6.10 Å². The number of hydrogen-bond donors (Lipinski definition) is 0. The van der Waals surface area contributed by atoms with Gasteiger partial charge in [-0.05, 0) is 45.7 Å². The van der Waals surface area contributed by atoms with Gasteiger partial charge in [0.2, 0.25) is 8.32 Å². The summed E-state index contributed by atoms with van der Waals surface area (Å²) in [5.41, 5.74) is 0. The third-order valence-electron chi connectivity index (χ3n) is 5.49. The van der Waals surface area contributed by atoms with Gasteiger partial charge in [-0.25, -0.2) is 0 Å². The summed E-state index contributed by atoms with van der Waals surface area (Å²) >= 11 is 0. The second-order valence-electron chi connectivity index (χ2n) is 11.3. The summed E-state index contributed by atoms with van der Waals surface area (Å²) in [6.07, 6.45) is 22.3. The monoisotopic (exact) mass is 472 g/mol. The maximum Gasteiger partial charge on any atom is 0.320 e. The topological polar surface area (TPSA) is 35.5 Å². The third kappa shape index (κ3) is 22.8. The number of unbranched alkanes of at least 4 members (excludes halogenated alkanes) is 15. The van der Waals surface area contributed by atoms with Crippen LogP contribution in [-0.2, 0) is 13.6 Å². The van der Waals surface area contributed by atoms with E-state index in [0.717, 1.165) is 12.8 Å². The average molecular weight is 473 g/mol. The van der Waals surface area contributed by atoms with Gasteiger partial charge < -0.3 is 8.85 Å². The minimum absolute atomic E-state index is 0.123. The summed E-state index contributed by atoms with van der Waals surface area (Å²) in [4.78, 5) is 12.5. The first-order valence-electron chi connectivity index (χ1n) is 13.5. The van der Waals surface area contributed by atoms with E-state index < -0.39 is 16.6 Å². The van der Waals surface area contributed by atoms with Crippen molar-refractivity contribution in [3.05, 3.63) is 0 Å². The molecule has 186 valence electrons. The zero-order valence-electron chi connectivity index (χ0n) is 22.3. The molecule has 0 aliphatic heterocycles. The van der Waals surface area contributed by atoms with Gasteiger partial charge >= 0.3 is 5.97 Å². The van der Waals surface area contributed by atoms with Gasteiger partial charge in [-0.1, -0.05) is 110 Å². The standard InChI is InChI=1S/C26H56O3Si2/c1-8-9-10-11-12-13-14-15-16-17-18-19-20-21-22-23-24-25(28-30(2,3)4)26(27)29-31(5,6)7/h25H,8-24H2,1-7H3. The Morgan fingerprint density at radius 2 is 0.935 bits per heavy atom. The molecule has 0 bridgehead atoms. The Hall–Kier alpha value is -0.136. The first kappa shape index (κ1) is 30.9. The van der Waals surface area contributed by atoms with Gasteiger partial charge in [0, 0.05) is 0 Å². The molecule has 3 nitrogen and oxygen atoms in total. The van der Waals surface area contributed by atoms with Crippen LogP contribution >= 0.6 is 0 Å². The van der Waals surface area contributed by atoms with E-state index in [4.69, 9.17) is 8.85 Å². The second kappa shape index (κ2) is 18.3. The molecule has 0 aromatic carbocycles. The molecule has 0 fully saturated rings. The highest BCUT2D eigenvalue weighted by Gasteiger charge is 2.30. The number of hydrogen-bond acceptors (Lipinski definition) is 3. The van der Waals surface area contributed by atoms with Crippen molar-refractivity contribution in [3.8, 4) is 0 Å². The second-order valence-corrected chi connectivity index (χ2v) is 20.2. The molecular weight excluding hydrogens is 416 g/mol. The molecule has 0 radical (unpaired) electrons. The summed E-state index contributed by atoms with van der Waals surface area (Å²) in [5.74, 6) is -0.123. The van der Waals surface area contributed by atoms with Crippen molar-refractivity contribution in [1.82, 2.24) is 0 Å². The maximum absolute atomic E-state index is 12.5. The predicted octanol–water partition coefficient (Wildman–Crippen LogP) is 9.24. The van der Waals surface area contributed by atoms with Crippen LogP contribution in [-0.4, -0.2) is 28.7 Å². The first-order chi connectivity index (χ1) is 14.5. The van der Waals surface area contributed by atoms with Gasteiger partial charge in [-0.3, -0.25) is 4.79 Å². The van der Waals surface area contributed by atoms with Crippen LogP contribution in [0.1, 0.15) is 116 Å². The lowest BCUT2D eigenvalue weighted by atomic mass is 10.0. The molecule has 0 rings (SSSR count). The fraction of sp³-hybridized carbons (Fsp3) is 0.962. The lowest BCUT2D eigenvalue weighted by molar-refractivity contribution is -0.143. The van der Waals surface area contributed by atoms with E-state index in [9.17, 15) is 4.79 Å². The molecule has 0 aromatic heterocycles. The highest BCUT2D eigenvalue weighted by molar-refractivity contribution is 6.71. The average Bonchev–Trinajstić information content (AvgIpc) is 2.64. The molecule has 0 spiro atoms. The fourth-order valence-corrected chi connectivity index (χ4v) is 5.70. The van der Waals surface area contributed by atoms with Crippen molar-refractivity contribution in [2.75, 3.05) is 0 Å². The van der Waals surface area contributed by atoms with Gasteiger partial charge in [-0.15, -0.1) is 0 Å². The van der Waals surface area contributed by atoms with Crippen LogP contribution < -0.4 is 0 Å². The van der Waals surface area contributed by atoms with Crippen LogP contribution in [0.4, 0.5) is 0 Å². The van der Waals surface area contributed by atoms with Crippen molar-refractivity contribution in [3.63, 3.8) is 0 Å². The van der Waals surface area contributed by atoms with Crippen LogP contribution in [0, 0.1) is 0 Å². The summed E-state index contributed by atoms with van der Waals surface area (Å²) in [6.45, 7) is 14.9.